The summed E-state index contributed by atoms with van der Waals surface area (Å²) in [7, 11) is -1.20. The van der Waals surface area contributed by atoms with Crippen molar-refractivity contribution >= 4 is 34.1 Å². The number of Topliss-reactive ketones (excluding diaryl/α,β-unsaturated/α-hetero) is 1. The first-order valence-corrected chi connectivity index (χ1v) is 8.29. The molecule has 0 spiro atoms. The highest BCUT2D eigenvalue weighted by molar-refractivity contribution is 7.85. The highest BCUT2D eigenvalue weighted by atomic mass is 35.5. The van der Waals surface area contributed by atoms with E-state index in [2.05, 4.69) is 5.32 Å². The van der Waals surface area contributed by atoms with E-state index in [9.17, 15) is 13.8 Å². The summed E-state index contributed by atoms with van der Waals surface area (Å²) in [5, 5.41) is 2.98. The van der Waals surface area contributed by atoms with Gasteiger partial charge in [-0.3, -0.25) is 13.8 Å². The van der Waals surface area contributed by atoms with Crippen LogP contribution in [0.4, 0.5) is 0 Å². The lowest BCUT2D eigenvalue weighted by Gasteiger charge is -2.05. The van der Waals surface area contributed by atoms with Gasteiger partial charge >= 0.3 is 0 Å². The van der Waals surface area contributed by atoms with Crippen LogP contribution in [0.15, 0.2) is 59.5 Å². The van der Waals surface area contributed by atoms with Crippen molar-refractivity contribution in [2.75, 3.05) is 12.3 Å². The molecule has 0 unspecified atom stereocenters. The molecule has 0 aliphatic rings. The maximum atomic E-state index is 12.0. The Morgan fingerprint density at radius 2 is 1.64 bits per heavy atom. The van der Waals surface area contributed by atoms with Crippen molar-refractivity contribution < 1.29 is 13.8 Å². The van der Waals surface area contributed by atoms with E-state index in [1.54, 1.807) is 36.4 Å². The maximum absolute atomic E-state index is 12.0. The zero-order valence-electron chi connectivity index (χ0n) is 11.6. The van der Waals surface area contributed by atoms with Gasteiger partial charge in [0.25, 0.3) is 5.91 Å². The van der Waals surface area contributed by atoms with E-state index in [4.69, 9.17) is 11.6 Å². The molecule has 0 aromatic heterocycles. The Balaban J connectivity index is 1.84. The quantitative estimate of drug-likeness (QED) is 0.651. The van der Waals surface area contributed by atoms with E-state index >= 15 is 0 Å². The van der Waals surface area contributed by atoms with E-state index in [1.165, 1.54) is 12.1 Å². The summed E-state index contributed by atoms with van der Waals surface area (Å²) in [6.07, 6.45) is 0. The molecule has 2 aromatic rings. The van der Waals surface area contributed by atoms with Gasteiger partial charge in [-0.25, -0.2) is 0 Å². The third-order valence-electron chi connectivity index (χ3n) is 2.89. The molecule has 114 valence electrons. The van der Waals surface area contributed by atoms with Crippen LogP contribution in [-0.4, -0.2) is 28.2 Å². The molecule has 22 heavy (non-hydrogen) atoms. The smallest absolute Gasteiger partial charge is 0.292 e. The van der Waals surface area contributed by atoms with E-state index < -0.39 is 22.5 Å². The molecule has 0 heterocycles. The van der Waals surface area contributed by atoms with Crippen LogP contribution in [0.25, 0.3) is 0 Å². The Hall–Kier alpha value is -1.98. The van der Waals surface area contributed by atoms with Crippen molar-refractivity contribution in [1.29, 1.82) is 0 Å². The van der Waals surface area contributed by atoms with E-state index in [0.29, 0.717) is 9.92 Å². The Morgan fingerprint density at radius 1 is 1.00 bits per heavy atom. The van der Waals surface area contributed by atoms with Gasteiger partial charge in [-0.05, 0) is 36.4 Å². The molecule has 0 bridgehead atoms. The Kier molecular flexibility index (Phi) is 5.86. The molecular formula is C16H14ClNO3S. The predicted molar refractivity (Wildman–Crippen MR) is 86.5 cm³/mol. The van der Waals surface area contributed by atoms with Crippen molar-refractivity contribution in [2.24, 2.45) is 0 Å². The van der Waals surface area contributed by atoms with Crippen LogP contribution in [0.3, 0.4) is 0 Å². The molecule has 1 amide bonds. The zero-order chi connectivity index (χ0) is 15.9. The number of carbonyl (C=O) groups excluding carboxylic acids is 2. The Bertz CT molecular complexity index is 686. The Morgan fingerprint density at radius 3 is 2.27 bits per heavy atom. The second-order valence-electron chi connectivity index (χ2n) is 4.45. The number of amides is 1. The fourth-order valence-corrected chi connectivity index (χ4v) is 2.87. The van der Waals surface area contributed by atoms with Crippen LogP contribution in [0.1, 0.15) is 10.4 Å². The lowest BCUT2D eigenvalue weighted by Crippen LogP contribution is -2.33. The molecule has 1 N–H and O–H groups in total. The van der Waals surface area contributed by atoms with Crippen LogP contribution < -0.4 is 5.32 Å². The summed E-state index contributed by atoms with van der Waals surface area (Å²) in [4.78, 5) is 24.3. The molecular weight excluding hydrogens is 322 g/mol. The van der Waals surface area contributed by atoms with E-state index in [1.807, 2.05) is 6.07 Å². The van der Waals surface area contributed by atoms with Crippen molar-refractivity contribution in [3.8, 4) is 0 Å². The van der Waals surface area contributed by atoms with Gasteiger partial charge in [0.1, 0.15) is 0 Å². The zero-order valence-corrected chi connectivity index (χ0v) is 13.2. The second kappa shape index (κ2) is 7.87. The molecule has 0 radical (unpaired) electrons. The van der Waals surface area contributed by atoms with Gasteiger partial charge in [0.05, 0.1) is 10.8 Å². The fourth-order valence-electron chi connectivity index (χ4n) is 1.76. The normalized spacial score (nSPS) is 11.7. The highest BCUT2D eigenvalue weighted by Crippen LogP contribution is 2.10. The molecule has 0 aliphatic carbocycles. The lowest BCUT2D eigenvalue weighted by molar-refractivity contribution is -0.116. The van der Waals surface area contributed by atoms with E-state index in [-0.39, 0.29) is 17.9 Å². The van der Waals surface area contributed by atoms with Crippen molar-refractivity contribution in [3.05, 3.63) is 65.2 Å². The van der Waals surface area contributed by atoms with Crippen LogP contribution in [0, 0.1) is 0 Å². The molecule has 0 saturated heterocycles. The minimum absolute atomic E-state index is 0.166. The third kappa shape index (κ3) is 4.51. The van der Waals surface area contributed by atoms with Crippen LogP contribution in [0.5, 0.6) is 0 Å². The number of nitrogens with one attached hydrogen (secondary N) is 1. The van der Waals surface area contributed by atoms with Gasteiger partial charge in [0.2, 0.25) is 5.78 Å². The van der Waals surface area contributed by atoms with Gasteiger partial charge in [0.15, 0.2) is 0 Å². The summed E-state index contributed by atoms with van der Waals surface area (Å²) in [5.74, 6) is -1.10. The number of hydrogen-bond acceptors (Lipinski definition) is 3. The molecule has 0 fully saturated rings. The molecule has 1 atom stereocenters. The summed E-state index contributed by atoms with van der Waals surface area (Å²) in [5.41, 5.74) is 0.270. The molecule has 6 heteroatoms. The van der Waals surface area contributed by atoms with Crippen molar-refractivity contribution in [2.45, 2.75) is 4.90 Å². The molecule has 2 rings (SSSR count). The number of benzene rings is 2. The lowest BCUT2D eigenvalue weighted by atomic mass is 10.1. The van der Waals surface area contributed by atoms with Crippen LogP contribution in [0.2, 0.25) is 5.02 Å². The van der Waals surface area contributed by atoms with E-state index in [0.717, 1.165) is 0 Å². The average molecular weight is 336 g/mol. The van der Waals surface area contributed by atoms with Gasteiger partial charge in [-0.1, -0.05) is 29.8 Å². The molecule has 0 aliphatic heterocycles. The monoisotopic (exact) mass is 335 g/mol. The van der Waals surface area contributed by atoms with Gasteiger partial charge < -0.3 is 5.32 Å². The summed E-state index contributed by atoms with van der Waals surface area (Å²) < 4.78 is 12.0. The number of carbonyl (C=O) groups is 2. The number of hydrogen-bond donors (Lipinski definition) is 1. The average Bonchev–Trinajstić information content (AvgIpc) is 2.55. The second-order valence-corrected chi connectivity index (χ2v) is 6.46. The minimum atomic E-state index is -1.20. The fraction of sp³-hybridized carbons (Fsp3) is 0.125. The van der Waals surface area contributed by atoms with Gasteiger partial charge in [-0.15, -0.1) is 0 Å². The van der Waals surface area contributed by atoms with Gasteiger partial charge in [0, 0.05) is 27.8 Å². The van der Waals surface area contributed by atoms with Crippen molar-refractivity contribution in [1.82, 2.24) is 5.32 Å². The molecule has 0 saturated carbocycles. The topological polar surface area (TPSA) is 63.2 Å². The predicted octanol–water partition coefficient (Wildman–Crippen LogP) is 2.45. The third-order valence-corrected chi connectivity index (χ3v) is 4.52. The Labute approximate surface area is 135 Å². The number of rotatable bonds is 6. The van der Waals surface area contributed by atoms with Crippen LogP contribution in [-0.2, 0) is 15.6 Å². The number of ketones is 1. The first kappa shape index (κ1) is 16.4. The standard InChI is InChI=1S/C16H14ClNO3S/c17-13-8-6-12(7-9-13)15(19)16(20)18-10-11-22(21)14-4-2-1-3-5-14/h1-9H,10-11H2,(H,18,20)/t22-/m0/s1. The largest absolute Gasteiger partial charge is 0.348 e. The molecule has 2 aromatic carbocycles. The van der Waals surface area contributed by atoms with Crippen LogP contribution >= 0.6 is 11.6 Å². The summed E-state index contributed by atoms with van der Waals surface area (Å²) in [6.45, 7) is 0.166. The number of halogens is 1. The summed E-state index contributed by atoms with van der Waals surface area (Å²) in [6, 6.07) is 15.0. The summed E-state index contributed by atoms with van der Waals surface area (Å²) >= 11 is 5.73. The SMILES string of the molecule is O=C(NCC[S@](=O)c1ccccc1)C(=O)c1ccc(Cl)cc1. The minimum Gasteiger partial charge on any atom is -0.348 e. The first-order chi connectivity index (χ1) is 10.6. The molecule has 4 nitrogen and oxygen atoms in total. The van der Waals surface area contributed by atoms with Crippen molar-refractivity contribution in [3.63, 3.8) is 0 Å². The van der Waals surface area contributed by atoms with Gasteiger partial charge in [-0.2, -0.15) is 0 Å². The maximum Gasteiger partial charge on any atom is 0.292 e. The highest BCUT2D eigenvalue weighted by Gasteiger charge is 2.15. The first-order valence-electron chi connectivity index (χ1n) is 6.59.